The van der Waals surface area contributed by atoms with Gasteiger partial charge in [-0.25, -0.2) is 4.85 Å². The van der Waals surface area contributed by atoms with E-state index in [1.165, 1.54) is 9.58 Å². The SMILES string of the molecule is [C-]#[N+]c1cccc(C(c2cccc(C#N)c2)C2CN(C)C(=O)c3c(O)c(=O)cnn32)c1. The number of hydrogen-bond donors (Lipinski definition) is 1. The molecule has 3 aromatic rings. The number of hydrogen-bond acceptors (Lipinski definition) is 5. The lowest BCUT2D eigenvalue weighted by atomic mass is 9.83. The molecule has 0 spiro atoms. The standard InChI is InChI=1S/C23H17N5O3/c1-25-17-8-4-7-16(10-17)20(15-6-3-5-14(9-15)11-24)18-13-27(2)23(31)21-22(30)19(29)12-26-28(18)21/h3-10,12,18,20,30H,13H2,2H3. The summed E-state index contributed by atoms with van der Waals surface area (Å²) in [7, 11) is 1.59. The molecule has 1 N–H and O–H groups in total. The van der Waals surface area contributed by atoms with Crippen LogP contribution in [0, 0.1) is 17.9 Å². The van der Waals surface area contributed by atoms with Crippen molar-refractivity contribution in [2.24, 2.45) is 0 Å². The number of aromatic nitrogens is 2. The Balaban J connectivity index is 1.98. The average Bonchev–Trinajstić information content (AvgIpc) is 2.79. The van der Waals surface area contributed by atoms with Gasteiger partial charge < -0.3 is 10.0 Å². The van der Waals surface area contributed by atoms with Crippen molar-refractivity contribution in [3.05, 3.63) is 98.8 Å². The van der Waals surface area contributed by atoms with E-state index in [9.17, 15) is 20.0 Å². The summed E-state index contributed by atoms with van der Waals surface area (Å²) in [5.41, 5.74) is 1.61. The molecule has 1 aromatic heterocycles. The Morgan fingerprint density at radius 2 is 1.94 bits per heavy atom. The Kier molecular flexibility index (Phi) is 4.98. The first-order valence-corrected chi connectivity index (χ1v) is 9.48. The number of likely N-dealkylation sites (N-methyl/N-ethyl adjacent to an activating group) is 1. The Hall–Kier alpha value is -4.43. The maximum atomic E-state index is 12.7. The van der Waals surface area contributed by atoms with E-state index in [1.807, 2.05) is 12.1 Å². The third kappa shape index (κ3) is 3.41. The minimum Gasteiger partial charge on any atom is -0.502 e. The van der Waals surface area contributed by atoms with Crippen molar-refractivity contribution in [3.8, 4) is 11.8 Å². The summed E-state index contributed by atoms with van der Waals surface area (Å²) in [6, 6.07) is 15.8. The highest BCUT2D eigenvalue weighted by atomic mass is 16.3. The molecule has 0 saturated carbocycles. The van der Waals surface area contributed by atoms with Gasteiger partial charge in [0.1, 0.15) is 0 Å². The maximum Gasteiger partial charge on any atom is 0.275 e. The monoisotopic (exact) mass is 411 g/mol. The first-order chi connectivity index (χ1) is 14.9. The Bertz CT molecular complexity index is 1270. The summed E-state index contributed by atoms with van der Waals surface area (Å²) in [4.78, 5) is 29.6. The van der Waals surface area contributed by atoms with E-state index in [4.69, 9.17) is 6.57 Å². The molecule has 152 valence electrons. The van der Waals surface area contributed by atoms with Crippen LogP contribution in [0.25, 0.3) is 4.85 Å². The van der Waals surface area contributed by atoms with Gasteiger partial charge in [-0.1, -0.05) is 36.4 Å². The van der Waals surface area contributed by atoms with Crippen molar-refractivity contribution in [2.45, 2.75) is 12.0 Å². The molecular formula is C23H17N5O3. The zero-order valence-corrected chi connectivity index (χ0v) is 16.6. The Morgan fingerprint density at radius 3 is 2.65 bits per heavy atom. The van der Waals surface area contributed by atoms with Crippen LogP contribution in [0.4, 0.5) is 5.69 Å². The molecule has 0 aliphatic carbocycles. The van der Waals surface area contributed by atoms with E-state index in [0.29, 0.717) is 11.3 Å². The summed E-state index contributed by atoms with van der Waals surface area (Å²) in [5.74, 6) is -1.55. The zero-order valence-electron chi connectivity index (χ0n) is 16.6. The lowest BCUT2D eigenvalue weighted by Crippen LogP contribution is -2.45. The topological polar surface area (TPSA) is 104 Å². The first kappa shape index (κ1) is 19.9. The largest absolute Gasteiger partial charge is 0.502 e. The molecule has 0 radical (unpaired) electrons. The molecule has 0 fully saturated rings. The van der Waals surface area contributed by atoms with Crippen LogP contribution >= 0.6 is 0 Å². The van der Waals surface area contributed by atoms with Crippen molar-refractivity contribution in [1.82, 2.24) is 14.7 Å². The van der Waals surface area contributed by atoms with Crippen molar-refractivity contribution >= 4 is 11.6 Å². The third-order valence-electron chi connectivity index (χ3n) is 5.43. The summed E-state index contributed by atoms with van der Waals surface area (Å²) >= 11 is 0. The molecule has 2 atom stereocenters. The summed E-state index contributed by atoms with van der Waals surface area (Å²) in [6.07, 6.45) is 0.989. The average molecular weight is 411 g/mol. The third-order valence-corrected chi connectivity index (χ3v) is 5.43. The molecule has 8 nitrogen and oxygen atoms in total. The fraction of sp³-hybridized carbons (Fsp3) is 0.174. The molecule has 2 aromatic carbocycles. The second-order valence-corrected chi connectivity index (χ2v) is 7.33. The van der Waals surface area contributed by atoms with E-state index in [0.717, 1.165) is 17.3 Å². The van der Waals surface area contributed by atoms with Crippen LogP contribution in [0.1, 0.15) is 39.1 Å². The molecule has 1 aliphatic heterocycles. The zero-order chi connectivity index (χ0) is 22.1. The van der Waals surface area contributed by atoms with Gasteiger partial charge in [0.05, 0.1) is 30.4 Å². The molecule has 31 heavy (non-hydrogen) atoms. The smallest absolute Gasteiger partial charge is 0.275 e. The summed E-state index contributed by atoms with van der Waals surface area (Å²) < 4.78 is 1.38. The van der Waals surface area contributed by atoms with Gasteiger partial charge in [-0.15, -0.1) is 0 Å². The number of carbonyl (C=O) groups excluding carboxylic acids is 1. The van der Waals surface area contributed by atoms with Gasteiger partial charge in [-0.05, 0) is 23.3 Å². The van der Waals surface area contributed by atoms with E-state index in [1.54, 1.807) is 43.4 Å². The normalized spacial score (nSPS) is 16.2. The predicted octanol–water partition coefficient (Wildman–Crippen LogP) is 2.83. The van der Waals surface area contributed by atoms with Crippen LogP contribution in [0.15, 0.2) is 59.5 Å². The summed E-state index contributed by atoms with van der Waals surface area (Å²) in [6.45, 7) is 7.62. The lowest BCUT2D eigenvalue weighted by Gasteiger charge is -2.37. The summed E-state index contributed by atoms with van der Waals surface area (Å²) in [5, 5.41) is 23.9. The molecule has 0 bridgehead atoms. The van der Waals surface area contributed by atoms with E-state index in [2.05, 4.69) is 16.0 Å². The maximum absolute atomic E-state index is 12.7. The molecule has 2 heterocycles. The Morgan fingerprint density at radius 1 is 1.23 bits per heavy atom. The van der Waals surface area contributed by atoms with Gasteiger partial charge in [-0.3, -0.25) is 14.3 Å². The predicted molar refractivity (Wildman–Crippen MR) is 112 cm³/mol. The van der Waals surface area contributed by atoms with Crippen LogP contribution < -0.4 is 5.43 Å². The second kappa shape index (κ2) is 7.77. The molecule has 2 unspecified atom stereocenters. The number of benzene rings is 2. The Labute approximate surface area is 178 Å². The molecule has 0 saturated heterocycles. The minimum absolute atomic E-state index is 0.172. The van der Waals surface area contributed by atoms with Gasteiger partial charge in [0.2, 0.25) is 5.43 Å². The number of nitriles is 1. The minimum atomic E-state index is -0.730. The van der Waals surface area contributed by atoms with Crippen LogP contribution in [0.2, 0.25) is 0 Å². The van der Waals surface area contributed by atoms with Crippen molar-refractivity contribution in [2.75, 3.05) is 13.6 Å². The quantitative estimate of drug-likeness (QED) is 0.668. The number of rotatable bonds is 3. The molecular weight excluding hydrogens is 394 g/mol. The molecule has 1 amide bonds. The molecule has 8 heteroatoms. The van der Waals surface area contributed by atoms with Gasteiger partial charge in [0, 0.05) is 19.5 Å². The number of fused-ring (bicyclic) bond motifs is 1. The van der Waals surface area contributed by atoms with Gasteiger partial charge in [0.25, 0.3) is 5.91 Å². The van der Waals surface area contributed by atoms with Gasteiger partial charge in [0.15, 0.2) is 17.1 Å². The molecule has 4 rings (SSSR count). The highest BCUT2D eigenvalue weighted by Crippen LogP contribution is 2.40. The fourth-order valence-corrected chi connectivity index (χ4v) is 4.00. The van der Waals surface area contributed by atoms with Crippen molar-refractivity contribution in [3.63, 3.8) is 0 Å². The number of amides is 1. The number of nitrogens with zero attached hydrogens (tertiary/aromatic N) is 5. The van der Waals surface area contributed by atoms with Crippen LogP contribution in [-0.4, -0.2) is 39.3 Å². The highest BCUT2D eigenvalue weighted by molar-refractivity contribution is 5.95. The van der Waals surface area contributed by atoms with Crippen LogP contribution in [0.3, 0.4) is 0 Å². The van der Waals surface area contributed by atoms with E-state index in [-0.39, 0.29) is 12.2 Å². The second-order valence-electron chi connectivity index (χ2n) is 7.33. The van der Waals surface area contributed by atoms with Crippen molar-refractivity contribution in [1.29, 1.82) is 5.26 Å². The number of carbonyl (C=O) groups is 1. The highest BCUT2D eigenvalue weighted by Gasteiger charge is 2.38. The van der Waals surface area contributed by atoms with Crippen LogP contribution in [0.5, 0.6) is 5.75 Å². The van der Waals surface area contributed by atoms with E-state index < -0.39 is 29.0 Å². The lowest BCUT2D eigenvalue weighted by molar-refractivity contribution is 0.0686. The van der Waals surface area contributed by atoms with Gasteiger partial charge >= 0.3 is 0 Å². The first-order valence-electron chi connectivity index (χ1n) is 9.48. The van der Waals surface area contributed by atoms with Gasteiger partial charge in [-0.2, -0.15) is 10.4 Å². The fourth-order valence-electron chi connectivity index (χ4n) is 4.00. The van der Waals surface area contributed by atoms with Crippen LogP contribution in [-0.2, 0) is 0 Å². The van der Waals surface area contributed by atoms with Crippen molar-refractivity contribution < 1.29 is 9.90 Å². The van der Waals surface area contributed by atoms with E-state index >= 15 is 0 Å². The molecule has 1 aliphatic rings. The number of aromatic hydroxyl groups is 1.